The molecule has 5 heteroatoms. The molecule has 0 spiro atoms. The van der Waals surface area contributed by atoms with Crippen LogP contribution in [0.2, 0.25) is 0 Å². The second kappa shape index (κ2) is 7.15. The Labute approximate surface area is 126 Å². The van der Waals surface area contributed by atoms with Gasteiger partial charge in [-0.1, -0.05) is 30.3 Å². The molecule has 0 fully saturated rings. The van der Waals surface area contributed by atoms with Gasteiger partial charge >= 0.3 is 0 Å². The molecule has 0 aromatic heterocycles. The van der Waals surface area contributed by atoms with E-state index in [1.165, 1.54) is 11.2 Å². The van der Waals surface area contributed by atoms with Gasteiger partial charge in [-0.3, -0.25) is 9.00 Å². The molecule has 0 N–H and O–H groups in total. The topological polar surface area (TPSA) is 60.4 Å². The van der Waals surface area contributed by atoms with Gasteiger partial charge in [0, 0.05) is 29.1 Å². The van der Waals surface area contributed by atoms with Crippen molar-refractivity contribution in [3.63, 3.8) is 0 Å². The van der Waals surface area contributed by atoms with Crippen LogP contribution in [-0.4, -0.2) is 21.1 Å². The summed E-state index contributed by atoms with van der Waals surface area (Å²) in [5, 5.41) is 0. The van der Waals surface area contributed by atoms with Crippen LogP contribution in [0.15, 0.2) is 54.6 Å². The maximum absolute atomic E-state index is 11.4. The van der Waals surface area contributed by atoms with Crippen LogP contribution < -0.4 is 4.31 Å². The third kappa shape index (κ3) is 4.24. The number of benzene rings is 2. The predicted octanol–water partition coefficient (Wildman–Crippen LogP) is 2.73. The van der Waals surface area contributed by atoms with Crippen LogP contribution in [0.25, 0.3) is 0 Å². The van der Waals surface area contributed by atoms with Crippen molar-refractivity contribution in [3.05, 3.63) is 65.7 Å². The molecule has 0 aliphatic rings. The summed E-state index contributed by atoms with van der Waals surface area (Å²) in [5.74, 6) is -0.0411. The lowest BCUT2D eigenvalue weighted by Gasteiger charge is -2.26. The van der Waals surface area contributed by atoms with Gasteiger partial charge < -0.3 is 8.86 Å². The van der Waals surface area contributed by atoms with Gasteiger partial charge in [0.2, 0.25) is 0 Å². The van der Waals surface area contributed by atoms with Crippen molar-refractivity contribution in [1.29, 1.82) is 0 Å². The lowest BCUT2D eigenvalue weighted by atomic mass is 10.1. The van der Waals surface area contributed by atoms with Crippen LogP contribution in [-0.2, 0) is 17.7 Å². The Morgan fingerprint density at radius 2 is 1.71 bits per heavy atom. The number of carbonyl (C=O) groups is 1. The molecule has 2 rings (SSSR count). The van der Waals surface area contributed by atoms with Gasteiger partial charge in [0.1, 0.15) is 0 Å². The molecule has 2 aromatic rings. The molecule has 21 heavy (non-hydrogen) atoms. The lowest BCUT2D eigenvalue weighted by Crippen LogP contribution is -2.27. The first-order valence-electron chi connectivity index (χ1n) is 6.60. The second-order valence-corrected chi connectivity index (χ2v) is 5.53. The lowest BCUT2D eigenvalue weighted by molar-refractivity contribution is 0.101. The molecule has 110 valence electrons. The van der Waals surface area contributed by atoms with Gasteiger partial charge in [0.25, 0.3) is 0 Å². The van der Waals surface area contributed by atoms with Gasteiger partial charge in [0.05, 0.1) is 0 Å². The number of nitrogens with zero attached hydrogens (tertiary/aromatic N) is 1. The van der Waals surface area contributed by atoms with E-state index in [1.807, 2.05) is 30.3 Å². The molecular weight excluding hydrogens is 286 g/mol. The van der Waals surface area contributed by atoms with Crippen LogP contribution in [0.5, 0.6) is 0 Å². The van der Waals surface area contributed by atoms with Crippen molar-refractivity contribution in [2.75, 3.05) is 10.8 Å². The summed E-state index contributed by atoms with van der Waals surface area (Å²) in [6, 6.07) is 16.3. The molecule has 0 bridgehead atoms. The number of hydrogen-bond donors (Lipinski definition) is 0. The zero-order valence-corrected chi connectivity index (χ0v) is 12.5. The molecule has 0 aliphatic carbocycles. The third-order valence-electron chi connectivity index (χ3n) is 3.19. The summed E-state index contributed by atoms with van der Waals surface area (Å²) < 4.78 is 24.1. The van der Waals surface area contributed by atoms with Gasteiger partial charge in [-0.15, -0.1) is 0 Å². The summed E-state index contributed by atoms with van der Waals surface area (Å²) >= 11 is -2.35. The molecule has 0 aliphatic heterocycles. The quantitative estimate of drug-likeness (QED) is 0.609. The highest BCUT2D eigenvalue weighted by Gasteiger charge is 2.08. The number of rotatable bonds is 6. The molecule has 0 amide bonds. The first kappa shape index (κ1) is 15.4. The van der Waals surface area contributed by atoms with E-state index >= 15 is 0 Å². The predicted molar refractivity (Wildman–Crippen MR) is 82.9 cm³/mol. The van der Waals surface area contributed by atoms with E-state index in [4.69, 9.17) is 0 Å². The fourth-order valence-corrected chi connectivity index (χ4v) is 2.56. The van der Waals surface area contributed by atoms with Crippen molar-refractivity contribution in [2.24, 2.45) is 0 Å². The molecular formula is C16H16NO3S-. The van der Waals surface area contributed by atoms with E-state index in [2.05, 4.69) is 0 Å². The minimum Gasteiger partial charge on any atom is -0.755 e. The molecule has 1 unspecified atom stereocenters. The highest BCUT2D eigenvalue weighted by Crippen LogP contribution is 2.17. The van der Waals surface area contributed by atoms with Gasteiger partial charge in [0.15, 0.2) is 5.78 Å². The molecule has 1 atom stereocenters. The zero-order chi connectivity index (χ0) is 15.2. The van der Waals surface area contributed by atoms with E-state index in [9.17, 15) is 13.6 Å². The van der Waals surface area contributed by atoms with E-state index in [1.54, 1.807) is 24.3 Å². The van der Waals surface area contributed by atoms with Gasteiger partial charge in [-0.05, 0) is 43.2 Å². The average Bonchev–Trinajstić information content (AvgIpc) is 2.48. The highest BCUT2D eigenvalue weighted by molar-refractivity contribution is 7.80. The van der Waals surface area contributed by atoms with Crippen molar-refractivity contribution in [3.8, 4) is 0 Å². The normalized spacial score (nSPS) is 11.9. The smallest absolute Gasteiger partial charge is 0.159 e. The Kier molecular flexibility index (Phi) is 5.25. The molecule has 2 aromatic carbocycles. The summed E-state index contributed by atoms with van der Waals surface area (Å²) in [6.45, 7) is 1.84. The van der Waals surface area contributed by atoms with Crippen LogP contribution in [0.4, 0.5) is 5.69 Å². The first-order valence-corrected chi connectivity index (χ1v) is 7.63. The standard InChI is InChI=1S/C16H17NO3S/c1-13(18)15-7-9-16(10-8-15)17(21(19)20)12-11-14-5-3-2-4-6-14/h2-10H,11-12H2,1H3,(H,19,20)/p-1. The van der Waals surface area contributed by atoms with Crippen molar-refractivity contribution in [2.45, 2.75) is 13.3 Å². The second-order valence-electron chi connectivity index (χ2n) is 4.66. The molecule has 0 radical (unpaired) electrons. The number of hydrogen-bond acceptors (Lipinski definition) is 3. The minimum atomic E-state index is -2.35. The van der Waals surface area contributed by atoms with E-state index in [-0.39, 0.29) is 5.78 Å². The largest absolute Gasteiger partial charge is 0.755 e. The van der Waals surface area contributed by atoms with E-state index in [0.717, 1.165) is 5.56 Å². The van der Waals surface area contributed by atoms with Crippen molar-refractivity contribution < 1.29 is 13.6 Å². The highest BCUT2D eigenvalue weighted by atomic mass is 32.2. The SMILES string of the molecule is CC(=O)c1ccc(N(CCc2ccccc2)S(=O)[O-])cc1. The van der Waals surface area contributed by atoms with Crippen LogP contribution >= 0.6 is 0 Å². The van der Waals surface area contributed by atoms with Gasteiger partial charge in [-0.25, -0.2) is 0 Å². The van der Waals surface area contributed by atoms with Gasteiger partial charge in [-0.2, -0.15) is 0 Å². The van der Waals surface area contributed by atoms with E-state index < -0.39 is 11.3 Å². The number of ketones is 1. The third-order valence-corrected chi connectivity index (χ3v) is 3.94. The Hall–Kier alpha value is -1.98. The molecule has 0 saturated carbocycles. The molecule has 0 saturated heterocycles. The summed E-state index contributed by atoms with van der Waals surface area (Å²) in [4.78, 5) is 11.2. The fraction of sp³-hybridized carbons (Fsp3) is 0.188. The van der Waals surface area contributed by atoms with Crippen molar-refractivity contribution in [1.82, 2.24) is 0 Å². The number of Topliss-reactive ketones (excluding diaryl/α,β-unsaturated/α-hetero) is 1. The molecule has 4 nitrogen and oxygen atoms in total. The Morgan fingerprint density at radius 1 is 1.10 bits per heavy atom. The number of anilines is 1. The Morgan fingerprint density at radius 3 is 2.24 bits per heavy atom. The Balaban J connectivity index is 2.11. The van der Waals surface area contributed by atoms with Crippen LogP contribution in [0.3, 0.4) is 0 Å². The average molecular weight is 302 g/mol. The van der Waals surface area contributed by atoms with E-state index in [0.29, 0.717) is 24.2 Å². The summed E-state index contributed by atoms with van der Waals surface area (Å²) in [6.07, 6.45) is 0.628. The summed E-state index contributed by atoms with van der Waals surface area (Å²) in [5.41, 5.74) is 2.20. The minimum absolute atomic E-state index is 0.0411. The number of carbonyl (C=O) groups excluding carboxylic acids is 1. The van der Waals surface area contributed by atoms with Crippen LogP contribution in [0.1, 0.15) is 22.8 Å². The fourth-order valence-electron chi connectivity index (χ4n) is 2.03. The summed E-state index contributed by atoms with van der Waals surface area (Å²) in [7, 11) is 0. The maximum Gasteiger partial charge on any atom is 0.159 e. The molecule has 0 heterocycles. The maximum atomic E-state index is 11.4. The zero-order valence-electron chi connectivity index (χ0n) is 11.7. The Bertz CT molecular complexity index is 626. The van der Waals surface area contributed by atoms with Crippen molar-refractivity contribution >= 4 is 22.7 Å². The first-order chi connectivity index (χ1) is 10.1. The van der Waals surface area contributed by atoms with Crippen LogP contribution in [0, 0.1) is 0 Å². The monoisotopic (exact) mass is 302 g/mol.